The van der Waals surface area contributed by atoms with Crippen molar-refractivity contribution in [3.8, 4) is 5.88 Å². The molecule has 19 heavy (non-hydrogen) atoms. The zero-order chi connectivity index (χ0) is 13.7. The summed E-state index contributed by atoms with van der Waals surface area (Å²) in [7, 11) is 0. The standard InChI is InChI=1S/C12H12N4O3/c13-11-7-10(16(17)18)8-12(15-11)19-6-4-9-3-1-2-5-14-9/h1-3,5,7-8H,4,6H2,(H2,13,15). The van der Waals surface area contributed by atoms with Crippen LogP contribution in [0.4, 0.5) is 11.5 Å². The molecule has 2 N–H and O–H groups in total. The number of rotatable bonds is 5. The maximum atomic E-state index is 10.7. The molecule has 0 aliphatic carbocycles. The summed E-state index contributed by atoms with van der Waals surface area (Å²) in [5, 5.41) is 10.7. The lowest BCUT2D eigenvalue weighted by Gasteiger charge is -2.05. The monoisotopic (exact) mass is 260 g/mol. The molecule has 7 nitrogen and oxygen atoms in total. The fraction of sp³-hybridized carbons (Fsp3) is 0.167. The van der Waals surface area contributed by atoms with Crippen LogP contribution in [-0.2, 0) is 6.42 Å². The van der Waals surface area contributed by atoms with Crippen LogP contribution in [-0.4, -0.2) is 21.5 Å². The van der Waals surface area contributed by atoms with Gasteiger partial charge in [0, 0.05) is 18.3 Å². The number of anilines is 1. The molecule has 0 aliphatic rings. The van der Waals surface area contributed by atoms with Gasteiger partial charge in [-0.05, 0) is 12.1 Å². The Balaban J connectivity index is 1.98. The van der Waals surface area contributed by atoms with Crippen molar-refractivity contribution in [1.29, 1.82) is 0 Å². The summed E-state index contributed by atoms with van der Waals surface area (Å²) in [6, 6.07) is 8.01. The molecule has 0 aliphatic heterocycles. The van der Waals surface area contributed by atoms with Crippen LogP contribution in [0.2, 0.25) is 0 Å². The van der Waals surface area contributed by atoms with Gasteiger partial charge in [0.25, 0.3) is 5.69 Å². The van der Waals surface area contributed by atoms with Crippen LogP contribution in [0.15, 0.2) is 36.5 Å². The van der Waals surface area contributed by atoms with Crippen molar-refractivity contribution in [2.75, 3.05) is 12.3 Å². The zero-order valence-corrected chi connectivity index (χ0v) is 10.0. The highest BCUT2D eigenvalue weighted by atomic mass is 16.6. The number of hydrogen-bond donors (Lipinski definition) is 1. The Morgan fingerprint density at radius 2 is 2.21 bits per heavy atom. The van der Waals surface area contributed by atoms with E-state index in [-0.39, 0.29) is 17.4 Å². The Morgan fingerprint density at radius 1 is 1.37 bits per heavy atom. The third-order valence-electron chi connectivity index (χ3n) is 2.35. The van der Waals surface area contributed by atoms with Crippen LogP contribution < -0.4 is 10.5 Å². The van der Waals surface area contributed by atoms with Gasteiger partial charge in [0.05, 0.1) is 23.7 Å². The molecular formula is C12H12N4O3. The molecule has 0 atom stereocenters. The maximum absolute atomic E-state index is 10.7. The minimum absolute atomic E-state index is 0.0574. The van der Waals surface area contributed by atoms with Crippen molar-refractivity contribution >= 4 is 11.5 Å². The first kappa shape index (κ1) is 12.7. The Bertz CT molecular complexity index is 574. The fourth-order valence-electron chi connectivity index (χ4n) is 1.50. The van der Waals surface area contributed by atoms with Crippen molar-refractivity contribution in [1.82, 2.24) is 9.97 Å². The molecule has 0 fully saturated rings. The molecule has 0 aromatic carbocycles. The van der Waals surface area contributed by atoms with Crippen LogP contribution in [0.3, 0.4) is 0 Å². The van der Waals surface area contributed by atoms with Gasteiger partial charge in [-0.2, -0.15) is 4.98 Å². The second-order valence-corrected chi connectivity index (χ2v) is 3.77. The van der Waals surface area contributed by atoms with E-state index in [0.29, 0.717) is 13.0 Å². The Labute approximate surface area is 109 Å². The van der Waals surface area contributed by atoms with Crippen molar-refractivity contribution in [2.24, 2.45) is 0 Å². The first-order chi connectivity index (χ1) is 9.15. The molecule has 0 bridgehead atoms. The van der Waals surface area contributed by atoms with Crippen molar-refractivity contribution in [3.05, 3.63) is 52.3 Å². The summed E-state index contributed by atoms with van der Waals surface area (Å²) < 4.78 is 5.35. The molecule has 0 saturated carbocycles. The normalized spacial score (nSPS) is 10.1. The van der Waals surface area contributed by atoms with Gasteiger partial charge >= 0.3 is 0 Å². The molecule has 98 valence electrons. The minimum atomic E-state index is -0.538. The van der Waals surface area contributed by atoms with Gasteiger partial charge in [-0.3, -0.25) is 15.1 Å². The smallest absolute Gasteiger partial charge is 0.278 e. The maximum Gasteiger partial charge on any atom is 0.278 e. The van der Waals surface area contributed by atoms with E-state index in [2.05, 4.69) is 9.97 Å². The van der Waals surface area contributed by atoms with Crippen LogP contribution in [0, 0.1) is 10.1 Å². The van der Waals surface area contributed by atoms with E-state index in [1.165, 1.54) is 12.1 Å². The molecule has 0 radical (unpaired) electrons. The van der Waals surface area contributed by atoms with Crippen molar-refractivity contribution < 1.29 is 9.66 Å². The molecule has 0 saturated heterocycles. The van der Waals surface area contributed by atoms with E-state index in [4.69, 9.17) is 10.5 Å². The SMILES string of the molecule is Nc1cc([N+](=O)[O-])cc(OCCc2ccccn2)n1. The molecule has 0 unspecified atom stereocenters. The topological polar surface area (TPSA) is 104 Å². The number of nitrogen functional groups attached to an aromatic ring is 1. The molecule has 2 rings (SSSR count). The van der Waals surface area contributed by atoms with Crippen LogP contribution in [0.1, 0.15) is 5.69 Å². The average Bonchev–Trinajstić information content (AvgIpc) is 2.39. The van der Waals surface area contributed by atoms with E-state index < -0.39 is 4.92 Å². The lowest BCUT2D eigenvalue weighted by molar-refractivity contribution is -0.384. The van der Waals surface area contributed by atoms with E-state index in [1.807, 2.05) is 18.2 Å². The summed E-state index contributed by atoms with van der Waals surface area (Å²) in [6.45, 7) is 0.324. The summed E-state index contributed by atoms with van der Waals surface area (Å²) in [5.74, 6) is 0.199. The van der Waals surface area contributed by atoms with Gasteiger partial charge in [0.1, 0.15) is 5.82 Å². The Morgan fingerprint density at radius 3 is 2.89 bits per heavy atom. The molecule has 0 amide bonds. The van der Waals surface area contributed by atoms with Gasteiger partial charge in [-0.1, -0.05) is 6.07 Å². The lowest BCUT2D eigenvalue weighted by Crippen LogP contribution is -2.05. The van der Waals surface area contributed by atoms with Gasteiger partial charge < -0.3 is 10.5 Å². The summed E-state index contributed by atoms with van der Waals surface area (Å²) in [5.41, 5.74) is 6.21. The van der Waals surface area contributed by atoms with Gasteiger partial charge in [0.2, 0.25) is 5.88 Å². The third-order valence-corrected chi connectivity index (χ3v) is 2.35. The number of hydrogen-bond acceptors (Lipinski definition) is 6. The number of nitrogens with two attached hydrogens (primary N) is 1. The number of nitro groups is 1. The second kappa shape index (κ2) is 5.76. The number of ether oxygens (including phenoxy) is 1. The highest BCUT2D eigenvalue weighted by molar-refractivity contribution is 5.45. The first-order valence-electron chi connectivity index (χ1n) is 5.60. The number of aromatic nitrogens is 2. The first-order valence-corrected chi connectivity index (χ1v) is 5.60. The van der Waals surface area contributed by atoms with E-state index in [9.17, 15) is 10.1 Å². The Hall–Kier alpha value is -2.70. The zero-order valence-electron chi connectivity index (χ0n) is 10.0. The minimum Gasteiger partial charge on any atom is -0.477 e. The van der Waals surface area contributed by atoms with Gasteiger partial charge in [0.15, 0.2) is 0 Å². The van der Waals surface area contributed by atoms with E-state index in [1.54, 1.807) is 6.20 Å². The Kier molecular flexibility index (Phi) is 3.87. The molecule has 2 heterocycles. The number of pyridine rings is 2. The van der Waals surface area contributed by atoms with Gasteiger partial charge in [-0.25, -0.2) is 0 Å². The largest absolute Gasteiger partial charge is 0.477 e. The summed E-state index contributed by atoms with van der Waals surface area (Å²) in [4.78, 5) is 18.1. The second-order valence-electron chi connectivity index (χ2n) is 3.77. The summed E-state index contributed by atoms with van der Waals surface area (Å²) in [6.07, 6.45) is 2.28. The van der Waals surface area contributed by atoms with Crippen molar-refractivity contribution in [3.63, 3.8) is 0 Å². The van der Waals surface area contributed by atoms with Gasteiger partial charge in [-0.15, -0.1) is 0 Å². The predicted molar refractivity (Wildman–Crippen MR) is 68.7 cm³/mol. The van der Waals surface area contributed by atoms with Crippen LogP contribution >= 0.6 is 0 Å². The predicted octanol–water partition coefficient (Wildman–Crippen LogP) is 1.59. The average molecular weight is 260 g/mol. The third kappa shape index (κ3) is 3.63. The van der Waals surface area contributed by atoms with Crippen LogP contribution in [0.5, 0.6) is 5.88 Å². The summed E-state index contributed by atoms with van der Waals surface area (Å²) >= 11 is 0. The quantitative estimate of drug-likeness (QED) is 0.646. The molecule has 0 spiro atoms. The molecule has 2 aromatic rings. The molecular weight excluding hydrogens is 248 g/mol. The van der Waals surface area contributed by atoms with Crippen LogP contribution in [0.25, 0.3) is 0 Å². The van der Waals surface area contributed by atoms with E-state index in [0.717, 1.165) is 5.69 Å². The fourth-order valence-corrected chi connectivity index (χ4v) is 1.50. The molecule has 2 aromatic heterocycles. The van der Waals surface area contributed by atoms with Crippen molar-refractivity contribution in [2.45, 2.75) is 6.42 Å². The molecule has 7 heteroatoms. The number of nitrogens with zero attached hydrogens (tertiary/aromatic N) is 3. The highest BCUT2D eigenvalue weighted by Gasteiger charge is 2.10. The highest BCUT2D eigenvalue weighted by Crippen LogP contribution is 2.20. The lowest BCUT2D eigenvalue weighted by atomic mass is 10.3. The van der Waals surface area contributed by atoms with E-state index >= 15 is 0 Å².